The summed E-state index contributed by atoms with van der Waals surface area (Å²) >= 11 is 0. The monoisotopic (exact) mass is 315 g/mol. The molecule has 0 saturated carbocycles. The molecule has 0 unspecified atom stereocenters. The van der Waals surface area contributed by atoms with Crippen molar-refractivity contribution < 1.29 is 9.47 Å². The maximum absolute atomic E-state index is 5.98. The van der Waals surface area contributed by atoms with Gasteiger partial charge in [-0.2, -0.15) is 5.10 Å². The number of rotatable bonds is 6. The fourth-order valence-corrected chi connectivity index (χ4v) is 3.03. The summed E-state index contributed by atoms with van der Waals surface area (Å²) in [4.78, 5) is 2.40. The Hall–Kier alpha value is -1.85. The molecule has 0 radical (unpaired) electrons. The van der Waals surface area contributed by atoms with Crippen molar-refractivity contribution in [1.82, 2.24) is 15.1 Å². The summed E-state index contributed by atoms with van der Waals surface area (Å²) in [5.41, 5.74) is 3.39. The molecule has 0 aliphatic carbocycles. The fourth-order valence-electron chi connectivity index (χ4n) is 3.03. The number of benzene rings is 1. The molecule has 5 nitrogen and oxygen atoms in total. The highest BCUT2D eigenvalue weighted by atomic mass is 16.5. The molecule has 2 aromatic rings. The topological polar surface area (TPSA) is 50.4 Å². The van der Waals surface area contributed by atoms with Crippen LogP contribution < -0.4 is 4.74 Å². The number of aromatic amines is 1. The van der Waals surface area contributed by atoms with Crippen molar-refractivity contribution in [3.05, 3.63) is 47.3 Å². The standard InChI is InChI=1S/C18H25N3O2/c1-14-4-6-17(7-5-14)23-13-18(22-3)8-9-21(12-18)11-16-10-19-20-15(16)2/h4-7,10H,8-9,11-13H2,1-3H3,(H,19,20)/t18-/m0/s1. The molecule has 1 N–H and O–H groups in total. The predicted molar refractivity (Wildman–Crippen MR) is 89.6 cm³/mol. The first-order chi connectivity index (χ1) is 11.1. The molecule has 1 aromatic heterocycles. The Balaban J connectivity index is 1.58. The summed E-state index contributed by atoms with van der Waals surface area (Å²) in [6.07, 6.45) is 2.89. The molecule has 3 rings (SSSR count). The highest BCUT2D eigenvalue weighted by molar-refractivity contribution is 5.26. The molecule has 1 aliphatic rings. The lowest BCUT2D eigenvalue weighted by Crippen LogP contribution is -2.41. The second-order valence-electron chi connectivity index (χ2n) is 6.47. The first kappa shape index (κ1) is 16.0. The first-order valence-electron chi connectivity index (χ1n) is 8.06. The van der Waals surface area contributed by atoms with E-state index in [1.165, 1.54) is 11.1 Å². The SMILES string of the molecule is CO[C@@]1(COc2ccc(C)cc2)CCN(Cc2cn[nH]c2C)C1. The van der Waals surface area contributed by atoms with Crippen LogP contribution in [0, 0.1) is 13.8 Å². The van der Waals surface area contributed by atoms with Crippen LogP contribution in [0.25, 0.3) is 0 Å². The van der Waals surface area contributed by atoms with Crippen LogP contribution in [-0.4, -0.2) is 47.5 Å². The lowest BCUT2D eigenvalue weighted by Gasteiger charge is -2.28. The van der Waals surface area contributed by atoms with E-state index in [1.807, 2.05) is 18.3 Å². The minimum Gasteiger partial charge on any atom is -0.491 e. The van der Waals surface area contributed by atoms with Crippen molar-refractivity contribution in [3.8, 4) is 5.75 Å². The number of H-pyrrole nitrogens is 1. The second-order valence-corrected chi connectivity index (χ2v) is 6.47. The fraction of sp³-hybridized carbons (Fsp3) is 0.500. The van der Waals surface area contributed by atoms with E-state index >= 15 is 0 Å². The molecule has 124 valence electrons. The van der Waals surface area contributed by atoms with Crippen molar-refractivity contribution in [2.24, 2.45) is 0 Å². The summed E-state index contributed by atoms with van der Waals surface area (Å²) in [5, 5.41) is 7.09. The zero-order valence-corrected chi connectivity index (χ0v) is 14.1. The van der Waals surface area contributed by atoms with Gasteiger partial charge < -0.3 is 9.47 Å². The quantitative estimate of drug-likeness (QED) is 0.890. The number of aromatic nitrogens is 2. The molecule has 1 aliphatic heterocycles. The van der Waals surface area contributed by atoms with Gasteiger partial charge in [0.1, 0.15) is 18.0 Å². The smallest absolute Gasteiger partial charge is 0.119 e. The van der Waals surface area contributed by atoms with Crippen LogP contribution in [0.4, 0.5) is 0 Å². The largest absolute Gasteiger partial charge is 0.491 e. The zero-order valence-electron chi connectivity index (χ0n) is 14.1. The van der Waals surface area contributed by atoms with Crippen LogP contribution in [0.5, 0.6) is 5.75 Å². The van der Waals surface area contributed by atoms with Crippen LogP contribution in [0.2, 0.25) is 0 Å². The van der Waals surface area contributed by atoms with Gasteiger partial charge in [-0.3, -0.25) is 10.00 Å². The van der Waals surface area contributed by atoms with Gasteiger partial charge in [0.2, 0.25) is 0 Å². The number of hydrogen-bond donors (Lipinski definition) is 1. The van der Waals surface area contributed by atoms with E-state index in [4.69, 9.17) is 9.47 Å². The third kappa shape index (κ3) is 3.74. The molecule has 2 heterocycles. The molecule has 1 aromatic carbocycles. The summed E-state index contributed by atoms with van der Waals surface area (Å²) in [6.45, 7) is 7.50. The van der Waals surface area contributed by atoms with E-state index in [0.717, 1.165) is 37.5 Å². The second kappa shape index (κ2) is 6.72. The Morgan fingerprint density at radius 3 is 2.70 bits per heavy atom. The average Bonchev–Trinajstić information content (AvgIpc) is 3.15. The minimum atomic E-state index is -0.234. The highest BCUT2D eigenvalue weighted by Gasteiger charge is 2.39. The Bertz CT molecular complexity index is 638. The van der Waals surface area contributed by atoms with Gasteiger partial charge >= 0.3 is 0 Å². The van der Waals surface area contributed by atoms with Crippen LogP contribution in [0.1, 0.15) is 23.2 Å². The van der Waals surface area contributed by atoms with Crippen LogP contribution in [0.3, 0.4) is 0 Å². The predicted octanol–water partition coefficient (Wildman–Crippen LogP) is 2.70. The van der Waals surface area contributed by atoms with Gasteiger partial charge in [-0.25, -0.2) is 0 Å². The molecular formula is C18H25N3O2. The molecule has 5 heteroatoms. The lowest BCUT2D eigenvalue weighted by atomic mass is 10.0. The number of aryl methyl sites for hydroxylation is 2. The summed E-state index contributed by atoms with van der Waals surface area (Å²) in [7, 11) is 1.78. The number of ether oxygens (including phenoxy) is 2. The van der Waals surface area contributed by atoms with Crippen molar-refractivity contribution in [3.63, 3.8) is 0 Å². The Labute approximate surface area is 137 Å². The molecular weight excluding hydrogens is 290 g/mol. The maximum atomic E-state index is 5.98. The van der Waals surface area contributed by atoms with Gasteiger partial charge in [0.15, 0.2) is 0 Å². The van der Waals surface area contributed by atoms with E-state index in [1.54, 1.807) is 7.11 Å². The Kier molecular flexibility index (Phi) is 4.68. The summed E-state index contributed by atoms with van der Waals surface area (Å²) in [6, 6.07) is 8.16. The molecule has 0 amide bonds. The van der Waals surface area contributed by atoms with Crippen molar-refractivity contribution in [1.29, 1.82) is 0 Å². The van der Waals surface area contributed by atoms with Gasteiger partial charge in [-0.1, -0.05) is 17.7 Å². The van der Waals surface area contributed by atoms with Crippen LogP contribution in [-0.2, 0) is 11.3 Å². The summed E-state index contributed by atoms with van der Waals surface area (Å²) in [5.74, 6) is 0.899. The lowest BCUT2D eigenvalue weighted by molar-refractivity contribution is -0.0359. The van der Waals surface area contributed by atoms with Crippen LogP contribution in [0.15, 0.2) is 30.5 Å². The molecule has 1 fully saturated rings. The van der Waals surface area contributed by atoms with Crippen LogP contribution >= 0.6 is 0 Å². The Morgan fingerprint density at radius 2 is 2.04 bits per heavy atom. The maximum Gasteiger partial charge on any atom is 0.119 e. The Morgan fingerprint density at radius 1 is 1.26 bits per heavy atom. The van der Waals surface area contributed by atoms with Crippen molar-refractivity contribution in [2.45, 2.75) is 32.4 Å². The average molecular weight is 315 g/mol. The van der Waals surface area contributed by atoms with E-state index in [9.17, 15) is 0 Å². The third-order valence-electron chi connectivity index (χ3n) is 4.68. The van der Waals surface area contributed by atoms with E-state index in [2.05, 4.69) is 41.1 Å². The summed E-state index contributed by atoms with van der Waals surface area (Å²) < 4.78 is 11.8. The number of nitrogens with one attached hydrogen (secondary N) is 1. The number of nitrogens with zero attached hydrogens (tertiary/aromatic N) is 2. The zero-order chi connectivity index (χ0) is 16.3. The van der Waals surface area contributed by atoms with Gasteiger partial charge in [0.25, 0.3) is 0 Å². The third-order valence-corrected chi connectivity index (χ3v) is 4.68. The van der Waals surface area contributed by atoms with Gasteiger partial charge in [0, 0.05) is 38.0 Å². The molecule has 0 bridgehead atoms. The van der Waals surface area contributed by atoms with Crippen molar-refractivity contribution >= 4 is 0 Å². The van der Waals surface area contributed by atoms with Gasteiger partial charge in [0.05, 0.1) is 6.20 Å². The van der Waals surface area contributed by atoms with E-state index in [0.29, 0.717) is 6.61 Å². The van der Waals surface area contributed by atoms with Gasteiger partial charge in [-0.05, 0) is 32.4 Å². The van der Waals surface area contributed by atoms with Gasteiger partial charge in [-0.15, -0.1) is 0 Å². The number of hydrogen-bond acceptors (Lipinski definition) is 4. The van der Waals surface area contributed by atoms with E-state index < -0.39 is 0 Å². The minimum absolute atomic E-state index is 0.234. The highest BCUT2D eigenvalue weighted by Crippen LogP contribution is 2.27. The molecule has 1 saturated heterocycles. The normalized spacial score (nSPS) is 21.7. The van der Waals surface area contributed by atoms with E-state index in [-0.39, 0.29) is 5.60 Å². The number of likely N-dealkylation sites (tertiary alicyclic amines) is 1. The molecule has 1 atom stereocenters. The molecule has 23 heavy (non-hydrogen) atoms. The first-order valence-corrected chi connectivity index (χ1v) is 8.06. The molecule has 0 spiro atoms. The van der Waals surface area contributed by atoms with Crippen molar-refractivity contribution in [2.75, 3.05) is 26.8 Å². The number of methoxy groups -OCH3 is 1.